The summed E-state index contributed by atoms with van der Waals surface area (Å²) in [7, 11) is 0. The Morgan fingerprint density at radius 2 is 2.08 bits per heavy atom. The Labute approximate surface area is 155 Å². The smallest absolute Gasteiger partial charge is 0.183 e. The standard InChI is InChI=1S/C19H18ClN5O/c1-3-8-26-11-13-4-5-15(20)14(9-13)19-24-23-18-12(2)22-16-6-7-21-10-17(16)25(18)19/h4-7,9-10H,3,8,11H2,1-2H3. The van der Waals surface area contributed by atoms with Crippen molar-refractivity contribution in [3.05, 3.63) is 52.9 Å². The van der Waals surface area contributed by atoms with Crippen LogP contribution in [0.4, 0.5) is 0 Å². The molecule has 0 radical (unpaired) electrons. The van der Waals surface area contributed by atoms with E-state index in [0.717, 1.165) is 40.9 Å². The minimum absolute atomic E-state index is 0.539. The van der Waals surface area contributed by atoms with Gasteiger partial charge in [0.2, 0.25) is 0 Å². The third-order valence-corrected chi connectivity index (χ3v) is 4.51. The van der Waals surface area contributed by atoms with Gasteiger partial charge in [0.1, 0.15) is 0 Å². The quantitative estimate of drug-likeness (QED) is 0.494. The van der Waals surface area contributed by atoms with Crippen LogP contribution < -0.4 is 0 Å². The van der Waals surface area contributed by atoms with Crippen molar-refractivity contribution in [3.8, 4) is 11.4 Å². The Morgan fingerprint density at radius 1 is 1.19 bits per heavy atom. The van der Waals surface area contributed by atoms with Crippen molar-refractivity contribution in [1.29, 1.82) is 0 Å². The van der Waals surface area contributed by atoms with Gasteiger partial charge >= 0.3 is 0 Å². The van der Waals surface area contributed by atoms with Gasteiger partial charge in [-0.15, -0.1) is 10.2 Å². The summed E-state index contributed by atoms with van der Waals surface area (Å²) in [5.74, 6) is 0.672. The van der Waals surface area contributed by atoms with Gasteiger partial charge in [0, 0.05) is 18.4 Å². The van der Waals surface area contributed by atoms with Crippen LogP contribution in [0.25, 0.3) is 28.1 Å². The molecule has 0 unspecified atom stereocenters. The fraction of sp³-hybridized carbons (Fsp3) is 0.263. The van der Waals surface area contributed by atoms with Gasteiger partial charge in [-0.25, -0.2) is 4.98 Å². The van der Waals surface area contributed by atoms with Crippen LogP contribution in [0.5, 0.6) is 0 Å². The van der Waals surface area contributed by atoms with E-state index in [1.807, 2.05) is 35.6 Å². The lowest BCUT2D eigenvalue weighted by Gasteiger charge is -2.09. The summed E-state index contributed by atoms with van der Waals surface area (Å²) in [6.45, 7) is 5.28. The number of halogens is 1. The summed E-state index contributed by atoms with van der Waals surface area (Å²) in [4.78, 5) is 8.81. The molecule has 0 N–H and O–H groups in total. The highest BCUT2D eigenvalue weighted by Gasteiger charge is 2.17. The van der Waals surface area contributed by atoms with Gasteiger partial charge < -0.3 is 4.74 Å². The van der Waals surface area contributed by atoms with Crippen molar-refractivity contribution in [1.82, 2.24) is 24.6 Å². The van der Waals surface area contributed by atoms with E-state index in [1.54, 1.807) is 12.4 Å². The minimum atomic E-state index is 0.539. The number of hydrogen-bond donors (Lipinski definition) is 0. The summed E-state index contributed by atoms with van der Waals surface area (Å²) in [5, 5.41) is 9.33. The molecule has 0 saturated heterocycles. The Morgan fingerprint density at radius 3 is 2.92 bits per heavy atom. The molecule has 26 heavy (non-hydrogen) atoms. The lowest BCUT2D eigenvalue weighted by molar-refractivity contribution is 0.121. The number of fused-ring (bicyclic) bond motifs is 3. The van der Waals surface area contributed by atoms with Crippen LogP contribution in [-0.2, 0) is 11.3 Å². The molecule has 0 bridgehead atoms. The van der Waals surface area contributed by atoms with E-state index >= 15 is 0 Å². The van der Waals surface area contributed by atoms with Gasteiger partial charge in [0.15, 0.2) is 11.5 Å². The number of ether oxygens (including phenoxy) is 1. The Balaban J connectivity index is 1.91. The Hall–Kier alpha value is -2.57. The maximum absolute atomic E-state index is 6.49. The third kappa shape index (κ3) is 2.91. The minimum Gasteiger partial charge on any atom is -0.377 e. The Bertz CT molecular complexity index is 1090. The van der Waals surface area contributed by atoms with Gasteiger partial charge in [0.05, 0.1) is 34.6 Å². The highest BCUT2D eigenvalue weighted by molar-refractivity contribution is 6.33. The number of rotatable bonds is 5. The lowest BCUT2D eigenvalue weighted by atomic mass is 10.1. The van der Waals surface area contributed by atoms with Gasteiger partial charge in [-0.1, -0.05) is 24.6 Å². The predicted molar refractivity (Wildman–Crippen MR) is 101 cm³/mol. The second-order valence-corrected chi connectivity index (χ2v) is 6.52. The molecule has 1 aromatic carbocycles. The molecule has 7 heteroatoms. The first-order valence-electron chi connectivity index (χ1n) is 8.51. The molecule has 0 fully saturated rings. The zero-order valence-electron chi connectivity index (χ0n) is 14.6. The first-order valence-corrected chi connectivity index (χ1v) is 8.89. The van der Waals surface area contributed by atoms with Crippen molar-refractivity contribution in [2.24, 2.45) is 0 Å². The van der Waals surface area contributed by atoms with E-state index < -0.39 is 0 Å². The van der Waals surface area contributed by atoms with Gasteiger partial charge in [-0.3, -0.25) is 9.38 Å². The van der Waals surface area contributed by atoms with E-state index in [9.17, 15) is 0 Å². The van der Waals surface area contributed by atoms with Gasteiger partial charge in [-0.2, -0.15) is 0 Å². The molecular formula is C19H18ClN5O. The van der Waals surface area contributed by atoms with Crippen LogP contribution in [-0.4, -0.2) is 31.2 Å². The summed E-state index contributed by atoms with van der Waals surface area (Å²) < 4.78 is 7.61. The number of pyridine rings is 1. The molecule has 0 aliphatic carbocycles. The average molecular weight is 368 g/mol. The normalized spacial score (nSPS) is 11.5. The average Bonchev–Trinajstić information content (AvgIpc) is 3.09. The summed E-state index contributed by atoms with van der Waals surface area (Å²) in [5.41, 5.74) is 5.04. The van der Waals surface area contributed by atoms with E-state index in [4.69, 9.17) is 16.3 Å². The van der Waals surface area contributed by atoms with Crippen LogP contribution in [0.15, 0.2) is 36.7 Å². The van der Waals surface area contributed by atoms with Crippen LogP contribution in [0.3, 0.4) is 0 Å². The third-order valence-electron chi connectivity index (χ3n) is 4.18. The first-order chi connectivity index (χ1) is 12.7. The molecule has 132 valence electrons. The van der Waals surface area contributed by atoms with Crippen molar-refractivity contribution in [2.45, 2.75) is 26.9 Å². The number of nitrogens with zero attached hydrogens (tertiary/aromatic N) is 5. The van der Waals surface area contributed by atoms with Crippen molar-refractivity contribution < 1.29 is 4.74 Å². The maximum Gasteiger partial charge on any atom is 0.183 e. The molecule has 0 saturated carbocycles. The Kier molecular flexibility index (Phi) is 4.53. The fourth-order valence-corrected chi connectivity index (χ4v) is 3.17. The zero-order chi connectivity index (χ0) is 18.1. The number of aryl methyl sites for hydroxylation is 1. The highest BCUT2D eigenvalue weighted by atomic mass is 35.5. The molecular weight excluding hydrogens is 350 g/mol. The summed E-state index contributed by atoms with van der Waals surface area (Å²) >= 11 is 6.49. The van der Waals surface area contributed by atoms with Gasteiger partial charge in [-0.05, 0) is 37.1 Å². The van der Waals surface area contributed by atoms with Crippen molar-refractivity contribution in [3.63, 3.8) is 0 Å². The van der Waals surface area contributed by atoms with Crippen LogP contribution in [0.2, 0.25) is 5.02 Å². The van der Waals surface area contributed by atoms with Crippen molar-refractivity contribution in [2.75, 3.05) is 6.61 Å². The SMILES string of the molecule is CCCOCc1ccc(Cl)c(-c2nnc3c(C)nc4ccncc4n23)c1. The molecule has 3 heterocycles. The summed E-state index contributed by atoms with van der Waals surface area (Å²) in [6, 6.07) is 7.73. The molecule has 3 aromatic heterocycles. The second kappa shape index (κ2) is 6.97. The van der Waals surface area contributed by atoms with Crippen molar-refractivity contribution >= 4 is 28.3 Å². The topological polar surface area (TPSA) is 65.2 Å². The van der Waals surface area contributed by atoms with E-state index in [-0.39, 0.29) is 0 Å². The van der Waals surface area contributed by atoms with E-state index in [1.165, 1.54) is 0 Å². The molecule has 6 nitrogen and oxygen atoms in total. The first kappa shape index (κ1) is 16.9. The van der Waals surface area contributed by atoms with Gasteiger partial charge in [0.25, 0.3) is 0 Å². The highest BCUT2D eigenvalue weighted by Crippen LogP contribution is 2.30. The number of hydrogen-bond acceptors (Lipinski definition) is 5. The predicted octanol–water partition coefficient (Wildman–Crippen LogP) is 4.23. The number of benzene rings is 1. The molecule has 4 aromatic rings. The van der Waals surface area contributed by atoms with E-state index in [2.05, 4.69) is 27.1 Å². The monoisotopic (exact) mass is 367 g/mol. The van der Waals surface area contributed by atoms with E-state index in [0.29, 0.717) is 23.1 Å². The lowest BCUT2D eigenvalue weighted by Crippen LogP contribution is -1.99. The fourth-order valence-electron chi connectivity index (χ4n) is 2.97. The molecule has 0 amide bonds. The van der Waals surface area contributed by atoms with Crippen LogP contribution >= 0.6 is 11.6 Å². The molecule has 4 rings (SSSR count). The number of aromatic nitrogens is 5. The zero-order valence-corrected chi connectivity index (χ0v) is 15.4. The maximum atomic E-state index is 6.49. The molecule has 0 spiro atoms. The molecule has 0 aliphatic rings. The second-order valence-electron chi connectivity index (χ2n) is 6.11. The largest absolute Gasteiger partial charge is 0.377 e. The summed E-state index contributed by atoms with van der Waals surface area (Å²) in [6.07, 6.45) is 4.48. The molecule has 0 aliphatic heterocycles. The molecule has 0 atom stereocenters. The van der Waals surface area contributed by atoms with Crippen LogP contribution in [0.1, 0.15) is 24.6 Å². The van der Waals surface area contributed by atoms with Crippen LogP contribution in [0, 0.1) is 6.92 Å².